The maximum Gasteiger partial charge on any atom is 0.254 e. The Bertz CT molecular complexity index is 385. The molecular weight excluding hydrogens is 235 g/mol. The van der Waals surface area contributed by atoms with Crippen molar-refractivity contribution in [1.82, 2.24) is 9.88 Å². The molecule has 0 aromatic carbocycles. The topological polar surface area (TPSA) is 53.4 Å². The van der Waals surface area contributed by atoms with Crippen LogP contribution in [0.1, 0.15) is 36.5 Å². The van der Waals surface area contributed by atoms with E-state index in [1.807, 2.05) is 0 Å². The molecule has 0 bridgehead atoms. The Kier molecular flexibility index (Phi) is 6.28. The maximum atomic E-state index is 13.0. The van der Waals surface area contributed by atoms with E-state index in [9.17, 15) is 9.18 Å². The predicted molar refractivity (Wildman–Crippen MR) is 66.7 cm³/mol. The van der Waals surface area contributed by atoms with Crippen LogP contribution in [0.2, 0.25) is 0 Å². The lowest BCUT2D eigenvalue weighted by Crippen LogP contribution is -2.34. The second-order valence-electron chi connectivity index (χ2n) is 4.09. The molecule has 0 unspecified atom stereocenters. The van der Waals surface area contributed by atoms with Crippen molar-refractivity contribution in [3.8, 4) is 0 Å². The van der Waals surface area contributed by atoms with Gasteiger partial charge in [-0.15, -0.1) is 0 Å². The number of nitrogens with zero attached hydrogens (tertiary/aromatic N) is 2. The summed E-state index contributed by atoms with van der Waals surface area (Å²) in [7, 11) is 0. The lowest BCUT2D eigenvalue weighted by molar-refractivity contribution is 0.0718. The number of aliphatic hydroxyl groups excluding tert-OH is 1. The van der Waals surface area contributed by atoms with Crippen molar-refractivity contribution in [3.05, 3.63) is 29.8 Å². The van der Waals surface area contributed by atoms with Crippen molar-refractivity contribution in [2.45, 2.75) is 26.2 Å². The SMILES string of the molecule is CCCCCN(CCO)C(=O)c1ccnc(F)c1. The van der Waals surface area contributed by atoms with Gasteiger partial charge in [-0.3, -0.25) is 4.79 Å². The van der Waals surface area contributed by atoms with Gasteiger partial charge in [0.05, 0.1) is 6.61 Å². The third-order valence-electron chi connectivity index (χ3n) is 2.66. The maximum absolute atomic E-state index is 13.0. The minimum atomic E-state index is -0.668. The highest BCUT2D eigenvalue weighted by molar-refractivity contribution is 5.94. The minimum absolute atomic E-state index is 0.0918. The molecule has 0 aliphatic rings. The van der Waals surface area contributed by atoms with Crippen molar-refractivity contribution in [1.29, 1.82) is 0 Å². The van der Waals surface area contributed by atoms with Crippen LogP contribution in [0.15, 0.2) is 18.3 Å². The van der Waals surface area contributed by atoms with E-state index >= 15 is 0 Å². The number of unbranched alkanes of at least 4 members (excludes halogenated alkanes) is 2. The number of aromatic nitrogens is 1. The Morgan fingerprint density at radius 2 is 2.22 bits per heavy atom. The Hall–Kier alpha value is -1.49. The summed E-state index contributed by atoms with van der Waals surface area (Å²) in [5.41, 5.74) is 0.271. The van der Waals surface area contributed by atoms with Crippen molar-refractivity contribution >= 4 is 5.91 Å². The molecule has 0 saturated heterocycles. The van der Waals surface area contributed by atoms with E-state index < -0.39 is 5.95 Å². The summed E-state index contributed by atoms with van der Waals surface area (Å²) in [6.07, 6.45) is 4.24. The van der Waals surface area contributed by atoms with Crippen LogP contribution in [0.3, 0.4) is 0 Å². The summed E-state index contributed by atoms with van der Waals surface area (Å²) >= 11 is 0. The van der Waals surface area contributed by atoms with Gasteiger partial charge in [0.1, 0.15) is 0 Å². The number of hydrogen-bond acceptors (Lipinski definition) is 3. The lowest BCUT2D eigenvalue weighted by atomic mass is 10.2. The first kappa shape index (κ1) is 14.6. The number of carbonyl (C=O) groups is 1. The van der Waals surface area contributed by atoms with Crippen LogP contribution >= 0.6 is 0 Å². The summed E-state index contributed by atoms with van der Waals surface area (Å²) in [5, 5.41) is 8.96. The molecule has 0 fully saturated rings. The highest BCUT2D eigenvalue weighted by atomic mass is 19.1. The zero-order chi connectivity index (χ0) is 13.4. The number of amides is 1. The standard InChI is InChI=1S/C13H19FN2O2/c1-2-3-4-7-16(8-9-17)13(18)11-5-6-15-12(14)10-11/h5-6,10,17H,2-4,7-9H2,1H3. The molecule has 18 heavy (non-hydrogen) atoms. The summed E-state index contributed by atoms with van der Waals surface area (Å²) < 4.78 is 13.0. The molecule has 0 radical (unpaired) electrons. The molecule has 5 heteroatoms. The number of rotatable bonds is 7. The Balaban J connectivity index is 2.69. The molecule has 100 valence electrons. The van der Waals surface area contributed by atoms with Gasteiger partial charge in [-0.1, -0.05) is 19.8 Å². The fourth-order valence-electron chi connectivity index (χ4n) is 1.71. The zero-order valence-electron chi connectivity index (χ0n) is 10.6. The van der Waals surface area contributed by atoms with E-state index in [0.717, 1.165) is 25.3 Å². The molecule has 1 heterocycles. The Labute approximate surface area is 106 Å². The Morgan fingerprint density at radius 3 is 2.83 bits per heavy atom. The highest BCUT2D eigenvalue weighted by Gasteiger charge is 2.15. The van der Waals surface area contributed by atoms with Gasteiger partial charge in [-0.05, 0) is 12.5 Å². The van der Waals surface area contributed by atoms with Gasteiger partial charge in [0.25, 0.3) is 5.91 Å². The summed E-state index contributed by atoms with van der Waals surface area (Å²) in [4.78, 5) is 17.1. The first-order valence-electron chi connectivity index (χ1n) is 6.20. The van der Waals surface area contributed by atoms with Crippen LogP contribution in [-0.4, -0.2) is 40.6 Å². The van der Waals surface area contributed by atoms with Crippen LogP contribution in [0, 0.1) is 5.95 Å². The van der Waals surface area contributed by atoms with Crippen LogP contribution < -0.4 is 0 Å². The van der Waals surface area contributed by atoms with Crippen molar-refractivity contribution < 1.29 is 14.3 Å². The lowest BCUT2D eigenvalue weighted by Gasteiger charge is -2.21. The number of aliphatic hydroxyl groups is 1. The van der Waals surface area contributed by atoms with E-state index in [-0.39, 0.29) is 24.6 Å². The number of pyridine rings is 1. The van der Waals surface area contributed by atoms with Crippen molar-refractivity contribution in [3.63, 3.8) is 0 Å². The predicted octanol–water partition coefficient (Wildman–Crippen LogP) is 1.85. The molecule has 0 aliphatic carbocycles. The van der Waals surface area contributed by atoms with E-state index in [1.54, 1.807) is 4.90 Å². The second-order valence-corrected chi connectivity index (χ2v) is 4.09. The monoisotopic (exact) mass is 254 g/mol. The fraction of sp³-hybridized carbons (Fsp3) is 0.538. The van der Waals surface area contributed by atoms with Crippen molar-refractivity contribution in [2.75, 3.05) is 19.7 Å². The van der Waals surface area contributed by atoms with Gasteiger partial charge in [0.15, 0.2) is 0 Å². The first-order chi connectivity index (χ1) is 8.69. The molecule has 1 amide bonds. The second kappa shape index (κ2) is 7.76. The number of hydrogen-bond donors (Lipinski definition) is 1. The third kappa shape index (κ3) is 4.41. The molecule has 1 aromatic heterocycles. The molecule has 1 aromatic rings. The van der Waals surface area contributed by atoms with Gasteiger partial charge < -0.3 is 10.0 Å². The first-order valence-corrected chi connectivity index (χ1v) is 6.20. The number of halogens is 1. The fourth-order valence-corrected chi connectivity index (χ4v) is 1.71. The van der Waals surface area contributed by atoms with Gasteiger partial charge in [0.2, 0.25) is 5.95 Å². The van der Waals surface area contributed by atoms with Crippen LogP contribution in [0.4, 0.5) is 4.39 Å². The minimum Gasteiger partial charge on any atom is -0.395 e. The van der Waals surface area contributed by atoms with E-state index in [4.69, 9.17) is 5.11 Å². The molecule has 4 nitrogen and oxygen atoms in total. The Morgan fingerprint density at radius 1 is 1.44 bits per heavy atom. The van der Waals surface area contributed by atoms with Crippen LogP contribution in [0.25, 0.3) is 0 Å². The molecule has 0 atom stereocenters. The van der Waals surface area contributed by atoms with E-state index in [2.05, 4.69) is 11.9 Å². The molecule has 1 N–H and O–H groups in total. The largest absolute Gasteiger partial charge is 0.395 e. The van der Waals surface area contributed by atoms with Gasteiger partial charge in [0, 0.05) is 30.9 Å². The van der Waals surface area contributed by atoms with Crippen molar-refractivity contribution in [2.24, 2.45) is 0 Å². The van der Waals surface area contributed by atoms with Crippen LogP contribution in [-0.2, 0) is 0 Å². The van der Waals surface area contributed by atoms with E-state index in [0.29, 0.717) is 6.54 Å². The molecular formula is C13H19FN2O2. The third-order valence-corrected chi connectivity index (χ3v) is 2.66. The molecule has 0 spiro atoms. The van der Waals surface area contributed by atoms with Crippen LogP contribution in [0.5, 0.6) is 0 Å². The quantitative estimate of drug-likeness (QED) is 0.596. The van der Waals surface area contributed by atoms with Gasteiger partial charge in [-0.2, -0.15) is 4.39 Å². The molecule has 0 saturated carbocycles. The summed E-state index contributed by atoms with van der Waals surface area (Å²) in [5.74, 6) is -0.931. The molecule has 1 rings (SSSR count). The van der Waals surface area contributed by atoms with Gasteiger partial charge in [-0.25, -0.2) is 4.98 Å². The normalized spacial score (nSPS) is 10.4. The summed E-state index contributed by atoms with van der Waals surface area (Å²) in [6.45, 7) is 2.84. The zero-order valence-corrected chi connectivity index (χ0v) is 10.6. The smallest absolute Gasteiger partial charge is 0.254 e. The molecule has 0 aliphatic heterocycles. The summed E-state index contributed by atoms with van der Waals surface area (Å²) in [6, 6.07) is 2.60. The highest BCUT2D eigenvalue weighted by Crippen LogP contribution is 2.07. The average Bonchev–Trinajstić information content (AvgIpc) is 2.37. The average molecular weight is 254 g/mol. The van der Waals surface area contributed by atoms with Gasteiger partial charge >= 0.3 is 0 Å². The van der Waals surface area contributed by atoms with E-state index in [1.165, 1.54) is 12.3 Å². The number of carbonyl (C=O) groups excluding carboxylic acids is 1.